The van der Waals surface area contributed by atoms with Gasteiger partial charge in [0.05, 0.1) is 23.0 Å². The van der Waals surface area contributed by atoms with Crippen LogP contribution in [0.15, 0.2) is 70.5 Å². The molecule has 0 radical (unpaired) electrons. The highest BCUT2D eigenvalue weighted by atomic mass is 32.2. The van der Waals surface area contributed by atoms with Crippen LogP contribution in [0.25, 0.3) is 0 Å². The van der Waals surface area contributed by atoms with Crippen molar-refractivity contribution in [2.75, 3.05) is 13.2 Å². The highest BCUT2D eigenvalue weighted by Crippen LogP contribution is 2.18. The van der Waals surface area contributed by atoms with Crippen molar-refractivity contribution >= 4 is 26.2 Å². The van der Waals surface area contributed by atoms with Crippen LogP contribution < -0.4 is 0 Å². The summed E-state index contributed by atoms with van der Waals surface area (Å²) in [6.45, 7) is 1.82. The van der Waals surface area contributed by atoms with Gasteiger partial charge < -0.3 is 4.74 Å². The maximum atomic E-state index is 12.5. The van der Waals surface area contributed by atoms with E-state index in [4.69, 9.17) is 13.1 Å². The summed E-state index contributed by atoms with van der Waals surface area (Å²) < 4.78 is 64.5. The van der Waals surface area contributed by atoms with Crippen molar-refractivity contribution in [2.24, 2.45) is 0 Å². The van der Waals surface area contributed by atoms with E-state index in [1.54, 1.807) is 24.3 Å². The number of benzene rings is 2. The molecule has 31 heavy (non-hydrogen) atoms. The SMILES string of the molecule is CCCCOC(=O)C(CCCOS(=O)(=O)c1ccccc1)OS(=O)(=O)c1ccccc1. The molecule has 2 aromatic carbocycles. The van der Waals surface area contributed by atoms with E-state index < -0.39 is 32.3 Å². The lowest BCUT2D eigenvalue weighted by Crippen LogP contribution is -2.30. The largest absolute Gasteiger partial charge is 0.464 e. The van der Waals surface area contributed by atoms with E-state index in [0.29, 0.717) is 6.42 Å². The number of esters is 1. The Labute approximate surface area is 183 Å². The molecule has 2 rings (SSSR count). The number of rotatable bonds is 13. The van der Waals surface area contributed by atoms with E-state index in [9.17, 15) is 21.6 Å². The monoisotopic (exact) mass is 470 g/mol. The van der Waals surface area contributed by atoms with Gasteiger partial charge in [-0.1, -0.05) is 49.7 Å². The minimum Gasteiger partial charge on any atom is -0.464 e. The number of carbonyl (C=O) groups excluding carboxylic acids is 1. The lowest BCUT2D eigenvalue weighted by atomic mass is 10.2. The molecule has 0 heterocycles. The fraction of sp³-hybridized carbons (Fsp3) is 0.381. The zero-order valence-corrected chi connectivity index (χ0v) is 18.8. The lowest BCUT2D eigenvalue weighted by molar-refractivity contribution is -0.152. The van der Waals surface area contributed by atoms with Crippen LogP contribution in [0, 0.1) is 0 Å². The van der Waals surface area contributed by atoms with E-state index in [-0.39, 0.29) is 35.8 Å². The van der Waals surface area contributed by atoms with Crippen LogP contribution in [0.5, 0.6) is 0 Å². The molecule has 0 amide bonds. The smallest absolute Gasteiger partial charge is 0.336 e. The van der Waals surface area contributed by atoms with Crippen LogP contribution in [0.1, 0.15) is 32.6 Å². The Morgan fingerprint density at radius 2 is 1.35 bits per heavy atom. The Morgan fingerprint density at radius 3 is 1.90 bits per heavy atom. The number of hydrogen-bond donors (Lipinski definition) is 0. The predicted octanol–water partition coefficient (Wildman–Crippen LogP) is 3.29. The summed E-state index contributed by atoms with van der Waals surface area (Å²) in [5.74, 6) is -0.820. The molecule has 10 heteroatoms. The molecular weight excluding hydrogens is 444 g/mol. The molecule has 8 nitrogen and oxygen atoms in total. The second-order valence-electron chi connectivity index (χ2n) is 6.60. The second-order valence-corrected chi connectivity index (χ2v) is 9.79. The maximum Gasteiger partial charge on any atom is 0.336 e. The molecule has 0 aliphatic heterocycles. The first-order valence-electron chi connectivity index (χ1n) is 9.85. The van der Waals surface area contributed by atoms with Crippen molar-refractivity contribution in [3.8, 4) is 0 Å². The average molecular weight is 471 g/mol. The van der Waals surface area contributed by atoms with Crippen LogP contribution in [-0.4, -0.2) is 42.1 Å². The van der Waals surface area contributed by atoms with Crippen LogP contribution in [-0.2, 0) is 38.1 Å². The third kappa shape index (κ3) is 8.06. The van der Waals surface area contributed by atoms with Crippen LogP contribution in [0.4, 0.5) is 0 Å². The Kier molecular flexibility index (Phi) is 9.63. The Hall–Kier alpha value is -2.27. The predicted molar refractivity (Wildman–Crippen MR) is 113 cm³/mol. The summed E-state index contributed by atoms with van der Waals surface area (Å²) in [7, 11) is -8.15. The summed E-state index contributed by atoms with van der Waals surface area (Å²) in [5, 5.41) is 0. The Balaban J connectivity index is 2.01. The number of unbranched alkanes of at least 4 members (excludes halogenated alkanes) is 1. The molecule has 0 bridgehead atoms. The molecule has 0 aliphatic carbocycles. The van der Waals surface area contributed by atoms with E-state index in [1.165, 1.54) is 36.4 Å². The zero-order chi connectivity index (χ0) is 22.7. The molecule has 0 aliphatic rings. The van der Waals surface area contributed by atoms with Gasteiger partial charge in [-0.15, -0.1) is 0 Å². The zero-order valence-electron chi connectivity index (χ0n) is 17.2. The van der Waals surface area contributed by atoms with Crippen LogP contribution in [0.3, 0.4) is 0 Å². The molecule has 0 saturated carbocycles. The van der Waals surface area contributed by atoms with Crippen molar-refractivity contribution in [1.29, 1.82) is 0 Å². The first kappa shape index (κ1) is 25.0. The molecule has 0 fully saturated rings. The standard InChI is InChI=1S/C21H26O8S2/c1-2-3-16-27-21(22)20(29-31(25,26)19-13-8-5-9-14-19)15-10-17-28-30(23,24)18-11-6-4-7-12-18/h4-9,11-14,20H,2-3,10,15-17H2,1H3. The van der Waals surface area contributed by atoms with Crippen molar-refractivity contribution in [1.82, 2.24) is 0 Å². The molecule has 1 unspecified atom stereocenters. The van der Waals surface area contributed by atoms with Gasteiger partial charge in [0.25, 0.3) is 20.2 Å². The van der Waals surface area contributed by atoms with Crippen molar-refractivity contribution in [3.63, 3.8) is 0 Å². The first-order chi connectivity index (χ1) is 14.8. The third-order valence-electron chi connectivity index (χ3n) is 4.16. The fourth-order valence-corrected chi connectivity index (χ4v) is 4.55. The topological polar surface area (TPSA) is 113 Å². The summed E-state index contributed by atoms with van der Waals surface area (Å²) in [4.78, 5) is 12.3. The normalized spacial score (nSPS) is 12.9. The lowest BCUT2D eigenvalue weighted by Gasteiger charge is -2.17. The van der Waals surface area contributed by atoms with Crippen LogP contribution in [0.2, 0.25) is 0 Å². The van der Waals surface area contributed by atoms with Gasteiger partial charge >= 0.3 is 5.97 Å². The van der Waals surface area contributed by atoms with Gasteiger partial charge in [0.1, 0.15) is 0 Å². The van der Waals surface area contributed by atoms with Gasteiger partial charge in [-0.25, -0.2) is 4.79 Å². The van der Waals surface area contributed by atoms with E-state index in [2.05, 4.69) is 0 Å². The molecular formula is C21H26O8S2. The number of ether oxygens (including phenoxy) is 1. The summed E-state index contributed by atoms with van der Waals surface area (Å²) >= 11 is 0. The summed E-state index contributed by atoms with van der Waals surface area (Å²) in [5.41, 5.74) is 0. The molecule has 0 N–H and O–H groups in total. The minimum atomic E-state index is -4.20. The van der Waals surface area contributed by atoms with Crippen molar-refractivity contribution < 1.29 is 34.7 Å². The van der Waals surface area contributed by atoms with E-state index in [1.807, 2.05) is 6.92 Å². The van der Waals surface area contributed by atoms with Gasteiger partial charge in [-0.3, -0.25) is 8.37 Å². The molecule has 2 aromatic rings. The van der Waals surface area contributed by atoms with Gasteiger partial charge in [-0.2, -0.15) is 16.8 Å². The second kappa shape index (κ2) is 11.9. The van der Waals surface area contributed by atoms with Crippen LogP contribution >= 0.6 is 0 Å². The quantitative estimate of drug-likeness (QED) is 0.249. The van der Waals surface area contributed by atoms with Gasteiger partial charge in [0, 0.05) is 0 Å². The van der Waals surface area contributed by atoms with E-state index >= 15 is 0 Å². The summed E-state index contributed by atoms with van der Waals surface area (Å²) in [6.07, 6.45) is -0.0232. The van der Waals surface area contributed by atoms with Crippen molar-refractivity contribution in [2.45, 2.75) is 48.5 Å². The third-order valence-corrected chi connectivity index (χ3v) is 6.82. The summed E-state index contributed by atoms with van der Waals surface area (Å²) in [6, 6.07) is 15.0. The molecule has 170 valence electrons. The molecule has 0 saturated heterocycles. The first-order valence-corrected chi connectivity index (χ1v) is 12.7. The van der Waals surface area contributed by atoms with E-state index in [0.717, 1.165) is 6.42 Å². The highest BCUT2D eigenvalue weighted by Gasteiger charge is 2.29. The van der Waals surface area contributed by atoms with Gasteiger partial charge in [0.15, 0.2) is 6.10 Å². The number of carbonyl (C=O) groups is 1. The highest BCUT2D eigenvalue weighted by molar-refractivity contribution is 7.87. The molecule has 0 aromatic heterocycles. The molecule has 1 atom stereocenters. The minimum absolute atomic E-state index is 0.00781. The van der Waals surface area contributed by atoms with Gasteiger partial charge in [0.2, 0.25) is 0 Å². The Bertz CT molecular complexity index is 1020. The Morgan fingerprint density at radius 1 is 0.806 bits per heavy atom. The maximum absolute atomic E-state index is 12.5. The van der Waals surface area contributed by atoms with Gasteiger partial charge in [-0.05, 0) is 43.5 Å². The van der Waals surface area contributed by atoms with Crippen molar-refractivity contribution in [3.05, 3.63) is 60.7 Å². The fourth-order valence-electron chi connectivity index (χ4n) is 2.50. The number of hydrogen-bond acceptors (Lipinski definition) is 8. The average Bonchev–Trinajstić information content (AvgIpc) is 2.77. The molecule has 0 spiro atoms.